The summed E-state index contributed by atoms with van der Waals surface area (Å²) in [7, 11) is 0. The van der Waals surface area contributed by atoms with Crippen molar-refractivity contribution < 1.29 is 13.2 Å². The van der Waals surface area contributed by atoms with E-state index in [1.165, 1.54) is 24.3 Å². The molecule has 0 aliphatic heterocycles. The van der Waals surface area contributed by atoms with Crippen LogP contribution in [-0.4, -0.2) is 6.04 Å². The van der Waals surface area contributed by atoms with E-state index in [4.69, 9.17) is 0 Å². The van der Waals surface area contributed by atoms with Gasteiger partial charge in [-0.3, -0.25) is 0 Å². The highest BCUT2D eigenvalue weighted by atomic mass is 19.1. The SMILES string of the molecule is CC(Cc1ccccc1F)NC(C)c1c(F)cccc1F. The number of hydrogen-bond donors (Lipinski definition) is 1. The lowest BCUT2D eigenvalue weighted by molar-refractivity contribution is 0.436. The predicted octanol–water partition coefficient (Wildman–Crippen LogP) is 4.39. The number of nitrogens with one attached hydrogen (secondary N) is 1. The molecule has 1 nitrogen and oxygen atoms in total. The van der Waals surface area contributed by atoms with Crippen LogP contribution in [0.15, 0.2) is 42.5 Å². The minimum absolute atomic E-state index is 0.0119. The van der Waals surface area contributed by atoms with Crippen LogP contribution in [0.4, 0.5) is 13.2 Å². The highest BCUT2D eigenvalue weighted by molar-refractivity contribution is 5.23. The van der Waals surface area contributed by atoms with Gasteiger partial charge in [-0.25, -0.2) is 13.2 Å². The quantitative estimate of drug-likeness (QED) is 0.862. The molecule has 2 aromatic rings. The Bertz CT molecular complexity index is 592. The highest BCUT2D eigenvalue weighted by Gasteiger charge is 2.18. The molecule has 112 valence electrons. The van der Waals surface area contributed by atoms with Crippen LogP contribution in [0.3, 0.4) is 0 Å². The molecule has 21 heavy (non-hydrogen) atoms. The zero-order valence-corrected chi connectivity index (χ0v) is 12.0. The van der Waals surface area contributed by atoms with E-state index in [0.29, 0.717) is 12.0 Å². The Morgan fingerprint density at radius 2 is 1.43 bits per heavy atom. The fourth-order valence-electron chi connectivity index (χ4n) is 2.49. The van der Waals surface area contributed by atoms with Crippen molar-refractivity contribution in [1.29, 1.82) is 0 Å². The van der Waals surface area contributed by atoms with E-state index < -0.39 is 17.7 Å². The van der Waals surface area contributed by atoms with Gasteiger partial charge in [-0.05, 0) is 44.0 Å². The van der Waals surface area contributed by atoms with Gasteiger partial charge in [-0.15, -0.1) is 0 Å². The van der Waals surface area contributed by atoms with Crippen LogP contribution in [0.5, 0.6) is 0 Å². The lowest BCUT2D eigenvalue weighted by Crippen LogP contribution is -2.32. The Labute approximate surface area is 122 Å². The van der Waals surface area contributed by atoms with Crippen molar-refractivity contribution in [2.45, 2.75) is 32.4 Å². The lowest BCUT2D eigenvalue weighted by atomic mass is 10.0. The largest absolute Gasteiger partial charge is 0.307 e. The molecule has 2 rings (SSSR count). The Morgan fingerprint density at radius 3 is 2.05 bits per heavy atom. The summed E-state index contributed by atoms with van der Waals surface area (Å²) in [6.07, 6.45) is 0.451. The normalized spacial score (nSPS) is 14.0. The molecule has 0 radical (unpaired) electrons. The Hall–Kier alpha value is -1.81. The Kier molecular flexibility index (Phi) is 5.02. The van der Waals surface area contributed by atoms with Crippen LogP contribution >= 0.6 is 0 Å². The molecule has 0 saturated heterocycles. The molecule has 0 heterocycles. The standard InChI is InChI=1S/C17H18F3N/c1-11(10-13-6-3-4-7-14(13)18)21-12(2)17-15(19)8-5-9-16(17)20/h3-9,11-12,21H,10H2,1-2H3. The average Bonchev–Trinajstić information content (AvgIpc) is 2.41. The van der Waals surface area contributed by atoms with Gasteiger partial charge < -0.3 is 5.32 Å². The molecule has 0 aliphatic carbocycles. The topological polar surface area (TPSA) is 12.0 Å². The van der Waals surface area contributed by atoms with Crippen molar-refractivity contribution in [3.63, 3.8) is 0 Å². The predicted molar refractivity (Wildman–Crippen MR) is 77.5 cm³/mol. The first kappa shape index (κ1) is 15.6. The molecule has 0 bridgehead atoms. The second kappa shape index (κ2) is 6.76. The molecule has 0 aromatic heterocycles. The molecule has 1 N–H and O–H groups in total. The smallest absolute Gasteiger partial charge is 0.130 e. The third-order valence-electron chi connectivity index (χ3n) is 3.45. The van der Waals surface area contributed by atoms with Crippen LogP contribution < -0.4 is 5.32 Å². The minimum atomic E-state index is -0.576. The van der Waals surface area contributed by atoms with Gasteiger partial charge in [0.25, 0.3) is 0 Å². The van der Waals surface area contributed by atoms with Crippen molar-refractivity contribution in [2.24, 2.45) is 0 Å². The van der Waals surface area contributed by atoms with Crippen LogP contribution in [-0.2, 0) is 6.42 Å². The van der Waals surface area contributed by atoms with Gasteiger partial charge in [0.15, 0.2) is 0 Å². The molecule has 0 amide bonds. The first-order valence-corrected chi connectivity index (χ1v) is 6.92. The molecule has 2 unspecified atom stereocenters. The highest BCUT2D eigenvalue weighted by Crippen LogP contribution is 2.21. The van der Waals surface area contributed by atoms with Crippen LogP contribution in [0.2, 0.25) is 0 Å². The fourth-order valence-corrected chi connectivity index (χ4v) is 2.49. The third kappa shape index (κ3) is 3.85. The Balaban J connectivity index is 2.06. The lowest BCUT2D eigenvalue weighted by Gasteiger charge is -2.21. The summed E-state index contributed by atoms with van der Waals surface area (Å²) in [5.41, 5.74) is 0.594. The van der Waals surface area contributed by atoms with E-state index in [1.807, 2.05) is 6.92 Å². The monoisotopic (exact) mass is 293 g/mol. The maximum atomic E-state index is 13.7. The third-order valence-corrected chi connectivity index (χ3v) is 3.45. The van der Waals surface area contributed by atoms with Gasteiger partial charge in [0.1, 0.15) is 17.5 Å². The van der Waals surface area contributed by atoms with E-state index >= 15 is 0 Å². The van der Waals surface area contributed by atoms with Gasteiger partial charge in [0.2, 0.25) is 0 Å². The molecule has 2 atom stereocenters. The maximum absolute atomic E-state index is 13.7. The molecule has 0 saturated carbocycles. The van der Waals surface area contributed by atoms with Gasteiger partial charge in [0, 0.05) is 17.6 Å². The van der Waals surface area contributed by atoms with Gasteiger partial charge in [-0.1, -0.05) is 24.3 Å². The summed E-state index contributed by atoms with van der Waals surface area (Å²) in [6.45, 7) is 3.56. The maximum Gasteiger partial charge on any atom is 0.130 e. The van der Waals surface area contributed by atoms with E-state index in [0.717, 1.165) is 0 Å². The van der Waals surface area contributed by atoms with Gasteiger partial charge in [-0.2, -0.15) is 0 Å². The second-order valence-corrected chi connectivity index (χ2v) is 5.22. The van der Waals surface area contributed by atoms with Crippen molar-refractivity contribution in [1.82, 2.24) is 5.32 Å². The van der Waals surface area contributed by atoms with E-state index in [9.17, 15) is 13.2 Å². The van der Waals surface area contributed by atoms with Gasteiger partial charge in [0.05, 0.1) is 0 Å². The molecular formula is C17H18F3N. The zero-order valence-electron chi connectivity index (χ0n) is 12.0. The number of rotatable bonds is 5. The van der Waals surface area contributed by atoms with Crippen molar-refractivity contribution in [2.75, 3.05) is 0 Å². The summed E-state index contributed by atoms with van der Waals surface area (Å²) in [5, 5.41) is 3.11. The van der Waals surface area contributed by atoms with Gasteiger partial charge >= 0.3 is 0 Å². The summed E-state index contributed by atoms with van der Waals surface area (Å²) < 4.78 is 41.0. The van der Waals surface area contributed by atoms with Crippen LogP contribution in [0.25, 0.3) is 0 Å². The first-order valence-electron chi connectivity index (χ1n) is 6.92. The molecule has 0 aliphatic rings. The van der Waals surface area contributed by atoms with E-state index in [2.05, 4.69) is 5.32 Å². The minimum Gasteiger partial charge on any atom is -0.307 e. The van der Waals surface area contributed by atoms with Crippen LogP contribution in [0, 0.1) is 17.5 Å². The zero-order chi connectivity index (χ0) is 15.4. The Morgan fingerprint density at radius 1 is 0.857 bits per heavy atom. The molecule has 4 heteroatoms. The summed E-state index contributed by atoms with van der Waals surface area (Å²) in [6, 6.07) is 9.72. The summed E-state index contributed by atoms with van der Waals surface area (Å²) in [4.78, 5) is 0. The number of halogens is 3. The molecular weight excluding hydrogens is 275 g/mol. The van der Waals surface area contributed by atoms with Crippen molar-refractivity contribution >= 4 is 0 Å². The number of benzene rings is 2. The van der Waals surface area contributed by atoms with Crippen molar-refractivity contribution in [3.05, 3.63) is 71.0 Å². The molecule has 2 aromatic carbocycles. The average molecular weight is 293 g/mol. The molecule has 0 spiro atoms. The van der Waals surface area contributed by atoms with Crippen LogP contribution in [0.1, 0.15) is 31.0 Å². The molecule has 0 fully saturated rings. The second-order valence-electron chi connectivity index (χ2n) is 5.22. The number of hydrogen-bond acceptors (Lipinski definition) is 1. The fraction of sp³-hybridized carbons (Fsp3) is 0.294. The summed E-state index contributed by atoms with van der Waals surface area (Å²) in [5.74, 6) is -1.42. The first-order chi connectivity index (χ1) is 9.99. The van der Waals surface area contributed by atoms with E-state index in [1.54, 1.807) is 25.1 Å². The van der Waals surface area contributed by atoms with Crippen molar-refractivity contribution in [3.8, 4) is 0 Å². The summed E-state index contributed by atoms with van der Waals surface area (Å²) >= 11 is 0. The van der Waals surface area contributed by atoms with E-state index in [-0.39, 0.29) is 17.4 Å².